The summed E-state index contributed by atoms with van der Waals surface area (Å²) in [6, 6.07) is 6.67. The van der Waals surface area contributed by atoms with E-state index in [2.05, 4.69) is 5.32 Å². The zero-order valence-electron chi connectivity index (χ0n) is 17.4. The van der Waals surface area contributed by atoms with Gasteiger partial charge in [0.2, 0.25) is 0 Å². The Labute approximate surface area is 169 Å². The van der Waals surface area contributed by atoms with E-state index in [1.807, 2.05) is 33.8 Å². The van der Waals surface area contributed by atoms with Crippen LogP contribution in [0.5, 0.6) is 0 Å². The molecule has 0 radical (unpaired) electrons. The van der Waals surface area contributed by atoms with Crippen LogP contribution in [0.2, 0.25) is 0 Å². The zero-order valence-corrected chi connectivity index (χ0v) is 17.4. The molecule has 1 atom stereocenters. The fourth-order valence-electron chi connectivity index (χ4n) is 3.87. The van der Waals surface area contributed by atoms with Crippen molar-refractivity contribution in [3.05, 3.63) is 69.5 Å². The largest absolute Gasteiger partial charge is 0.325 e. The quantitative estimate of drug-likeness (QED) is 0.611. The van der Waals surface area contributed by atoms with E-state index in [0.29, 0.717) is 11.1 Å². The number of ketones is 1. The van der Waals surface area contributed by atoms with Crippen molar-refractivity contribution < 1.29 is 18.8 Å². The van der Waals surface area contributed by atoms with Gasteiger partial charge in [-0.3, -0.25) is 14.5 Å². The number of hydrogen-bond donors (Lipinski definition) is 1. The van der Waals surface area contributed by atoms with Gasteiger partial charge < -0.3 is 5.32 Å². The number of aryl methyl sites for hydroxylation is 1. The van der Waals surface area contributed by atoms with E-state index in [4.69, 9.17) is 0 Å². The van der Waals surface area contributed by atoms with Crippen molar-refractivity contribution in [2.45, 2.75) is 46.6 Å². The summed E-state index contributed by atoms with van der Waals surface area (Å²) in [5, 5.41) is 2.72. The summed E-state index contributed by atoms with van der Waals surface area (Å²) in [6.07, 6.45) is 0.287. The number of imide groups is 1. The Morgan fingerprint density at radius 2 is 1.66 bits per heavy atom. The van der Waals surface area contributed by atoms with Gasteiger partial charge in [0.15, 0.2) is 5.78 Å². The van der Waals surface area contributed by atoms with Crippen LogP contribution in [0.15, 0.2) is 30.3 Å². The van der Waals surface area contributed by atoms with Gasteiger partial charge in [-0.15, -0.1) is 0 Å². The van der Waals surface area contributed by atoms with Gasteiger partial charge >= 0.3 is 6.03 Å². The van der Waals surface area contributed by atoms with Gasteiger partial charge in [-0.05, 0) is 80.1 Å². The first-order chi connectivity index (χ1) is 13.6. The van der Waals surface area contributed by atoms with Crippen LogP contribution >= 0.6 is 0 Å². The highest BCUT2D eigenvalue weighted by Gasteiger charge is 2.51. The molecule has 2 aromatic rings. The minimum atomic E-state index is -1.29. The first-order valence-electron chi connectivity index (χ1n) is 9.63. The monoisotopic (exact) mass is 396 g/mol. The Bertz CT molecular complexity index is 1010. The molecule has 1 heterocycles. The number of amides is 3. The number of carbonyl (C=O) groups excluding carboxylic acids is 3. The van der Waals surface area contributed by atoms with Gasteiger partial charge in [0, 0.05) is 5.56 Å². The lowest BCUT2D eigenvalue weighted by atomic mass is 9.87. The molecule has 0 spiro atoms. The number of nitrogens with one attached hydrogen (secondary N) is 1. The van der Waals surface area contributed by atoms with Crippen molar-refractivity contribution in [3.8, 4) is 0 Å². The van der Waals surface area contributed by atoms with Crippen LogP contribution in [0.4, 0.5) is 9.18 Å². The number of urea groups is 1. The van der Waals surface area contributed by atoms with E-state index in [1.54, 1.807) is 6.92 Å². The number of halogens is 1. The van der Waals surface area contributed by atoms with Gasteiger partial charge in [-0.1, -0.05) is 19.1 Å². The fraction of sp³-hybridized carbons (Fsp3) is 0.348. The molecular formula is C23H25FN2O3. The summed E-state index contributed by atoms with van der Waals surface area (Å²) in [5.74, 6) is -1.21. The lowest BCUT2D eigenvalue weighted by Gasteiger charge is -2.25. The minimum absolute atomic E-state index is 0.287. The van der Waals surface area contributed by atoms with Crippen molar-refractivity contribution >= 4 is 17.7 Å². The van der Waals surface area contributed by atoms with Crippen LogP contribution in [0.25, 0.3) is 0 Å². The SMILES string of the molecule is CCC1(c2ccc(F)cc2)NC(=O)N(CC(=O)c2cc(C)c(C)c(C)c2C)C1=O. The second-order valence-corrected chi connectivity index (χ2v) is 7.63. The van der Waals surface area contributed by atoms with E-state index in [0.717, 1.165) is 27.2 Å². The summed E-state index contributed by atoms with van der Waals surface area (Å²) < 4.78 is 13.3. The third-order valence-corrected chi connectivity index (χ3v) is 6.13. The third kappa shape index (κ3) is 3.33. The predicted octanol–water partition coefficient (Wildman–Crippen LogP) is 4.10. The zero-order chi connectivity index (χ0) is 21.5. The molecule has 152 valence electrons. The van der Waals surface area contributed by atoms with E-state index in [1.165, 1.54) is 24.3 Å². The molecule has 0 aliphatic carbocycles. The summed E-state index contributed by atoms with van der Waals surface area (Å²) in [6.45, 7) is 9.19. The molecule has 1 aliphatic rings. The van der Waals surface area contributed by atoms with Crippen molar-refractivity contribution in [1.82, 2.24) is 10.2 Å². The molecule has 0 saturated carbocycles. The van der Waals surface area contributed by atoms with Gasteiger partial charge in [0.05, 0.1) is 6.54 Å². The minimum Gasteiger partial charge on any atom is -0.319 e. The maximum absolute atomic E-state index is 13.3. The number of hydrogen-bond acceptors (Lipinski definition) is 3. The molecule has 2 aromatic carbocycles. The Balaban J connectivity index is 1.93. The first kappa shape index (κ1) is 20.7. The van der Waals surface area contributed by atoms with Crippen LogP contribution < -0.4 is 5.32 Å². The van der Waals surface area contributed by atoms with Crippen molar-refractivity contribution in [2.75, 3.05) is 6.54 Å². The number of rotatable bonds is 5. The van der Waals surface area contributed by atoms with Crippen molar-refractivity contribution in [3.63, 3.8) is 0 Å². The smallest absolute Gasteiger partial charge is 0.319 e. The van der Waals surface area contributed by atoms with E-state index in [9.17, 15) is 18.8 Å². The maximum atomic E-state index is 13.3. The molecule has 3 rings (SSSR count). The van der Waals surface area contributed by atoms with Gasteiger partial charge in [0.25, 0.3) is 5.91 Å². The molecule has 1 saturated heterocycles. The summed E-state index contributed by atoms with van der Waals surface area (Å²) in [5.41, 5.74) is 3.71. The molecular weight excluding hydrogens is 371 g/mol. The molecule has 29 heavy (non-hydrogen) atoms. The average molecular weight is 396 g/mol. The number of Topliss-reactive ketones (excluding diaryl/α,β-unsaturated/α-hetero) is 1. The molecule has 0 aromatic heterocycles. The Morgan fingerprint density at radius 3 is 2.24 bits per heavy atom. The highest BCUT2D eigenvalue weighted by molar-refractivity contribution is 6.11. The Hall–Kier alpha value is -3.02. The molecule has 3 amide bonds. The van der Waals surface area contributed by atoms with Gasteiger partial charge in [-0.25, -0.2) is 9.18 Å². The van der Waals surface area contributed by atoms with Crippen LogP contribution in [0.1, 0.15) is 51.5 Å². The molecule has 1 fully saturated rings. The van der Waals surface area contributed by atoms with Crippen LogP contribution in [0, 0.1) is 33.5 Å². The number of benzene rings is 2. The molecule has 5 nitrogen and oxygen atoms in total. The summed E-state index contributed by atoms with van der Waals surface area (Å²) >= 11 is 0. The summed E-state index contributed by atoms with van der Waals surface area (Å²) in [7, 11) is 0. The van der Waals surface area contributed by atoms with Gasteiger partial charge in [-0.2, -0.15) is 0 Å². The van der Waals surface area contributed by atoms with Crippen LogP contribution in [0.3, 0.4) is 0 Å². The average Bonchev–Trinajstić information content (AvgIpc) is 2.94. The Kier molecular flexibility index (Phi) is 5.30. The predicted molar refractivity (Wildman–Crippen MR) is 108 cm³/mol. The lowest BCUT2D eigenvalue weighted by Crippen LogP contribution is -2.43. The van der Waals surface area contributed by atoms with E-state index >= 15 is 0 Å². The number of carbonyl (C=O) groups is 3. The third-order valence-electron chi connectivity index (χ3n) is 6.13. The molecule has 1 aliphatic heterocycles. The molecule has 1 unspecified atom stereocenters. The Morgan fingerprint density at radius 1 is 1.03 bits per heavy atom. The standard InChI is InChI=1S/C23H25FN2O3/c1-6-23(17-7-9-18(24)10-8-17)21(28)26(22(29)25-23)12-20(27)19-11-13(2)14(3)15(4)16(19)5/h7-11H,6,12H2,1-5H3,(H,25,29). The highest BCUT2D eigenvalue weighted by atomic mass is 19.1. The van der Waals surface area contributed by atoms with Crippen LogP contribution in [-0.2, 0) is 10.3 Å². The first-order valence-corrected chi connectivity index (χ1v) is 9.63. The normalized spacial score (nSPS) is 18.9. The second-order valence-electron chi connectivity index (χ2n) is 7.63. The van der Waals surface area contributed by atoms with Gasteiger partial charge in [0.1, 0.15) is 11.4 Å². The fourth-order valence-corrected chi connectivity index (χ4v) is 3.87. The highest BCUT2D eigenvalue weighted by Crippen LogP contribution is 2.33. The lowest BCUT2D eigenvalue weighted by molar-refractivity contribution is -0.131. The van der Waals surface area contributed by atoms with Crippen LogP contribution in [-0.4, -0.2) is 29.2 Å². The topological polar surface area (TPSA) is 66.5 Å². The molecule has 1 N–H and O–H groups in total. The van der Waals surface area contributed by atoms with E-state index in [-0.39, 0.29) is 18.7 Å². The maximum Gasteiger partial charge on any atom is 0.325 e. The number of nitrogens with zero attached hydrogens (tertiary/aromatic N) is 1. The van der Waals surface area contributed by atoms with Crippen molar-refractivity contribution in [2.24, 2.45) is 0 Å². The molecule has 0 bridgehead atoms. The summed E-state index contributed by atoms with van der Waals surface area (Å²) in [4.78, 5) is 39.7. The second kappa shape index (κ2) is 7.43. The van der Waals surface area contributed by atoms with Crippen molar-refractivity contribution in [1.29, 1.82) is 0 Å². The van der Waals surface area contributed by atoms with E-state index < -0.39 is 23.3 Å². The molecule has 6 heteroatoms.